The van der Waals surface area contributed by atoms with Crippen molar-refractivity contribution in [2.24, 2.45) is 0 Å². The second-order valence-corrected chi connectivity index (χ2v) is 8.64. The molecule has 0 aliphatic carbocycles. The summed E-state index contributed by atoms with van der Waals surface area (Å²) < 4.78 is 103. The molecule has 3 heterocycles. The lowest BCUT2D eigenvalue weighted by atomic mass is 9.99. The number of imidazole rings is 1. The molecular weight excluding hydrogens is 497 g/mol. The van der Waals surface area contributed by atoms with Gasteiger partial charge >= 0.3 is 5.92 Å². The quantitative estimate of drug-likeness (QED) is 0.445. The summed E-state index contributed by atoms with van der Waals surface area (Å²) in [5.74, 6) is -9.93. The molecule has 2 aromatic heterocycles. The molecule has 0 unspecified atom stereocenters. The lowest BCUT2D eigenvalue weighted by Crippen LogP contribution is -2.41. The first kappa shape index (κ1) is 25.9. The van der Waals surface area contributed by atoms with Gasteiger partial charge in [0.1, 0.15) is 6.61 Å². The SMILES string of the molecule is Cc1ccc2c(nc(C(C)(F)F)n2CC(F)F)c1-c1cnc(C(=O)N2CCOCC(F)(F)C2)c(F)c1. The molecule has 6 nitrogen and oxygen atoms in total. The van der Waals surface area contributed by atoms with E-state index in [1.165, 1.54) is 12.1 Å². The number of hydrogen-bond acceptors (Lipinski definition) is 4. The molecule has 1 saturated heterocycles. The molecule has 1 fully saturated rings. The number of nitrogens with zero attached hydrogens (tertiary/aromatic N) is 4. The highest BCUT2D eigenvalue weighted by Gasteiger charge is 2.38. The Morgan fingerprint density at radius 1 is 1.28 bits per heavy atom. The van der Waals surface area contributed by atoms with Crippen molar-refractivity contribution in [1.82, 2.24) is 19.4 Å². The number of ether oxygens (including phenoxy) is 1. The van der Waals surface area contributed by atoms with E-state index in [0.29, 0.717) is 17.1 Å². The van der Waals surface area contributed by atoms with Crippen LogP contribution in [0.1, 0.15) is 28.8 Å². The summed E-state index contributed by atoms with van der Waals surface area (Å²) in [6.07, 6.45) is -1.85. The Bertz CT molecular complexity index is 1300. The van der Waals surface area contributed by atoms with Crippen LogP contribution in [0, 0.1) is 12.7 Å². The number of hydrogen-bond donors (Lipinski definition) is 0. The van der Waals surface area contributed by atoms with Crippen LogP contribution in [-0.4, -0.2) is 64.0 Å². The molecule has 3 aromatic rings. The number of rotatable bonds is 5. The minimum absolute atomic E-state index is 0.0141. The summed E-state index contributed by atoms with van der Waals surface area (Å²) >= 11 is 0. The van der Waals surface area contributed by atoms with Crippen LogP contribution in [0.3, 0.4) is 0 Å². The zero-order chi connectivity index (χ0) is 26.4. The molecule has 36 heavy (non-hydrogen) atoms. The summed E-state index contributed by atoms with van der Waals surface area (Å²) in [6.45, 7) is -1.10. The van der Waals surface area contributed by atoms with Gasteiger partial charge in [0, 0.05) is 30.8 Å². The molecule has 4 rings (SSSR count). The normalized spacial score (nSPS) is 16.6. The summed E-state index contributed by atoms with van der Waals surface area (Å²) in [7, 11) is 0. The van der Waals surface area contributed by atoms with Gasteiger partial charge in [0.25, 0.3) is 18.3 Å². The van der Waals surface area contributed by atoms with Crippen LogP contribution in [0.2, 0.25) is 0 Å². The zero-order valence-corrected chi connectivity index (χ0v) is 19.2. The first-order valence-electron chi connectivity index (χ1n) is 10.9. The van der Waals surface area contributed by atoms with E-state index in [4.69, 9.17) is 4.74 Å². The summed E-state index contributed by atoms with van der Waals surface area (Å²) in [5.41, 5.74) is -0.128. The van der Waals surface area contributed by atoms with Crippen molar-refractivity contribution in [1.29, 1.82) is 0 Å². The maximum absolute atomic E-state index is 15.0. The van der Waals surface area contributed by atoms with Crippen LogP contribution >= 0.6 is 0 Å². The van der Waals surface area contributed by atoms with Gasteiger partial charge in [0.05, 0.1) is 30.7 Å². The van der Waals surface area contributed by atoms with E-state index in [1.807, 2.05) is 0 Å². The topological polar surface area (TPSA) is 60.2 Å². The molecule has 0 spiro atoms. The average Bonchev–Trinajstić information content (AvgIpc) is 3.02. The highest BCUT2D eigenvalue weighted by atomic mass is 19.3. The average molecular weight is 518 g/mol. The second-order valence-electron chi connectivity index (χ2n) is 8.64. The number of aryl methyl sites for hydroxylation is 1. The Balaban J connectivity index is 1.79. The molecule has 0 atom stereocenters. The molecule has 0 bridgehead atoms. The van der Waals surface area contributed by atoms with E-state index in [1.54, 1.807) is 6.92 Å². The number of carbonyl (C=O) groups excluding carboxylic acids is 1. The van der Waals surface area contributed by atoms with Crippen LogP contribution < -0.4 is 0 Å². The van der Waals surface area contributed by atoms with Crippen molar-refractivity contribution in [2.45, 2.75) is 38.7 Å². The Hall–Kier alpha value is -3.22. The lowest BCUT2D eigenvalue weighted by molar-refractivity contribution is -0.0661. The van der Waals surface area contributed by atoms with Gasteiger partial charge in [-0.3, -0.25) is 4.79 Å². The molecule has 13 heteroatoms. The minimum atomic E-state index is -3.54. The third-order valence-corrected chi connectivity index (χ3v) is 5.70. The molecule has 194 valence electrons. The van der Waals surface area contributed by atoms with E-state index in [-0.39, 0.29) is 35.3 Å². The predicted octanol–water partition coefficient (Wildman–Crippen LogP) is 5.03. The number of benzene rings is 1. The van der Waals surface area contributed by atoms with Crippen LogP contribution in [0.15, 0.2) is 24.4 Å². The van der Waals surface area contributed by atoms with E-state index in [2.05, 4.69) is 9.97 Å². The van der Waals surface area contributed by atoms with Crippen LogP contribution in [-0.2, 0) is 17.2 Å². The van der Waals surface area contributed by atoms with Crippen LogP contribution in [0.4, 0.5) is 30.7 Å². The highest BCUT2D eigenvalue weighted by Crippen LogP contribution is 2.36. The van der Waals surface area contributed by atoms with Gasteiger partial charge in [-0.2, -0.15) is 8.78 Å². The van der Waals surface area contributed by atoms with E-state index in [9.17, 15) is 31.1 Å². The maximum Gasteiger partial charge on any atom is 0.302 e. The monoisotopic (exact) mass is 518 g/mol. The lowest BCUT2D eigenvalue weighted by Gasteiger charge is -2.23. The number of aromatic nitrogens is 3. The molecule has 1 aliphatic rings. The van der Waals surface area contributed by atoms with Gasteiger partial charge in [0.2, 0.25) is 0 Å². The largest absolute Gasteiger partial charge is 0.373 e. The first-order chi connectivity index (χ1) is 16.8. The van der Waals surface area contributed by atoms with Gasteiger partial charge in [-0.25, -0.2) is 31.9 Å². The highest BCUT2D eigenvalue weighted by molar-refractivity contribution is 5.96. The standard InChI is InChI=1S/C23H21F7N4O2/c1-12-3-4-15-19(32-21(22(2,27)28)34(15)9-16(25)26)17(12)13-7-14(24)18(31-8-13)20(35)33-5-6-36-11-23(29,30)10-33/h3-4,7-8,16H,5-6,9-11H2,1-2H3. The van der Waals surface area contributed by atoms with Crippen LogP contribution in [0.5, 0.6) is 0 Å². The summed E-state index contributed by atoms with van der Waals surface area (Å²) in [6, 6.07) is 3.75. The molecule has 1 aromatic carbocycles. The Morgan fingerprint density at radius 2 is 2.00 bits per heavy atom. The van der Waals surface area contributed by atoms with E-state index in [0.717, 1.165) is 17.2 Å². The first-order valence-corrected chi connectivity index (χ1v) is 10.9. The van der Waals surface area contributed by atoms with Crippen molar-refractivity contribution >= 4 is 16.9 Å². The van der Waals surface area contributed by atoms with Crippen molar-refractivity contribution < 1.29 is 40.3 Å². The van der Waals surface area contributed by atoms with Gasteiger partial charge in [-0.1, -0.05) is 6.07 Å². The van der Waals surface area contributed by atoms with E-state index >= 15 is 4.39 Å². The fourth-order valence-electron chi connectivity index (χ4n) is 4.17. The number of pyridine rings is 1. The second kappa shape index (κ2) is 9.34. The third-order valence-electron chi connectivity index (χ3n) is 5.70. The molecule has 1 amide bonds. The van der Waals surface area contributed by atoms with Crippen molar-refractivity contribution in [2.75, 3.05) is 26.3 Å². The summed E-state index contributed by atoms with van der Waals surface area (Å²) in [5, 5.41) is 0. The third kappa shape index (κ3) is 5.01. The molecule has 1 aliphatic heterocycles. The van der Waals surface area contributed by atoms with Gasteiger partial charge < -0.3 is 14.2 Å². The van der Waals surface area contributed by atoms with Crippen molar-refractivity contribution in [3.8, 4) is 11.1 Å². The molecule has 0 radical (unpaired) electrons. The smallest absolute Gasteiger partial charge is 0.302 e. The number of alkyl halides is 6. The zero-order valence-electron chi connectivity index (χ0n) is 19.2. The molecule has 0 saturated carbocycles. The fraction of sp³-hybridized carbons (Fsp3) is 0.435. The minimum Gasteiger partial charge on any atom is -0.373 e. The van der Waals surface area contributed by atoms with Gasteiger partial charge in [-0.05, 0) is 24.6 Å². The predicted molar refractivity (Wildman–Crippen MR) is 115 cm³/mol. The van der Waals surface area contributed by atoms with Crippen LogP contribution in [0.25, 0.3) is 22.2 Å². The van der Waals surface area contributed by atoms with Gasteiger partial charge in [-0.15, -0.1) is 0 Å². The summed E-state index contributed by atoms with van der Waals surface area (Å²) in [4.78, 5) is 21.2. The van der Waals surface area contributed by atoms with Crippen molar-refractivity contribution in [3.05, 3.63) is 47.3 Å². The molecule has 0 N–H and O–H groups in total. The molecular formula is C23H21F7N4O2. The number of fused-ring (bicyclic) bond motifs is 1. The Labute approximate surface area is 200 Å². The van der Waals surface area contributed by atoms with Gasteiger partial charge in [0.15, 0.2) is 17.3 Å². The Morgan fingerprint density at radius 3 is 2.64 bits per heavy atom. The number of halogens is 7. The maximum atomic E-state index is 15.0. The Kier molecular flexibility index (Phi) is 6.71. The van der Waals surface area contributed by atoms with Crippen molar-refractivity contribution in [3.63, 3.8) is 0 Å². The number of amides is 1. The van der Waals surface area contributed by atoms with E-state index < -0.39 is 61.2 Å². The fourth-order valence-corrected chi connectivity index (χ4v) is 4.17. The number of carbonyl (C=O) groups is 1.